The predicted molar refractivity (Wildman–Crippen MR) is 66.3 cm³/mol. The summed E-state index contributed by atoms with van der Waals surface area (Å²) >= 11 is 1.81. The van der Waals surface area contributed by atoms with Crippen LogP contribution in [0.5, 0.6) is 0 Å². The van der Waals surface area contributed by atoms with E-state index in [1.807, 2.05) is 11.3 Å². The zero-order valence-corrected chi connectivity index (χ0v) is 9.52. The lowest BCUT2D eigenvalue weighted by Crippen LogP contribution is -2.15. The van der Waals surface area contributed by atoms with E-state index in [0.717, 1.165) is 12.5 Å². The van der Waals surface area contributed by atoms with Crippen LogP contribution in [0.2, 0.25) is 0 Å². The fourth-order valence-electron chi connectivity index (χ4n) is 1.87. The minimum Gasteiger partial charge on any atom is -0.312 e. The topological polar surface area (TPSA) is 12.0 Å². The highest BCUT2D eigenvalue weighted by Gasteiger charge is 2.19. The highest BCUT2D eigenvalue weighted by Crippen LogP contribution is 2.27. The van der Waals surface area contributed by atoms with Gasteiger partial charge in [0.15, 0.2) is 0 Å². The molecule has 15 heavy (non-hydrogen) atoms. The van der Waals surface area contributed by atoms with Crippen molar-refractivity contribution in [2.45, 2.75) is 19.4 Å². The number of fused-ring (bicyclic) bond motifs is 1. The Labute approximate surface area is 94.1 Å². The van der Waals surface area contributed by atoms with Gasteiger partial charge in [-0.15, -0.1) is 11.3 Å². The van der Waals surface area contributed by atoms with E-state index in [2.05, 4.69) is 35.0 Å². The molecule has 0 aliphatic heterocycles. The number of hydrogen-bond acceptors (Lipinski definition) is 2. The molecule has 1 aliphatic rings. The molecule has 0 atom stereocenters. The second-order valence-corrected chi connectivity index (χ2v) is 5.31. The van der Waals surface area contributed by atoms with Gasteiger partial charge in [0.25, 0.3) is 0 Å². The van der Waals surface area contributed by atoms with Crippen LogP contribution in [0.25, 0.3) is 10.1 Å². The molecule has 1 aromatic carbocycles. The second-order valence-electron chi connectivity index (χ2n) is 4.37. The number of benzene rings is 1. The van der Waals surface area contributed by atoms with Crippen LogP contribution < -0.4 is 5.32 Å². The van der Waals surface area contributed by atoms with E-state index in [9.17, 15) is 0 Å². The summed E-state index contributed by atoms with van der Waals surface area (Å²) in [6, 6.07) is 8.96. The molecule has 1 heterocycles. The van der Waals surface area contributed by atoms with Gasteiger partial charge in [-0.2, -0.15) is 0 Å². The smallest absolute Gasteiger partial charge is 0.0342 e. The molecular formula is C13H15NS. The maximum Gasteiger partial charge on any atom is 0.0342 e. The molecule has 1 nitrogen and oxygen atoms in total. The highest BCUT2D eigenvalue weighted by atomic mass is 32.1. The van der Waals surface area contributed by atoms with Crippen molar-refractivity contribution in [1.29, 1.82) is 0 Å². The summed E-state index contributed by atoms with van der Waals surface area (Å²) in [5.74, 6) is 0.967. The molecule has 0 bridgehead atoms. The van der Waals surface area contributed by atoms with Crippen LogP contribution in [0, 0.1) is 5.92 Å². The fourth-order valence-corrected chi connectivity index (χ4v) is 2.64. The molecule has 0 unspecified atom stereocenters. The Hall–Kier alpha value is -0.860. The third kappa shape index (κ3) is 2.21. The first kappa shape index (κ1) is 9.37. The van der Waals surface area contributed by atoms with E-state index >= 15 is 0 Å². The van der Waals surface area contributed by atoms with Gasteiger partial charge >= 0.3 is 0 Å². The lowest BCUT2D eigenvalue weighted by atomic mass is 10.1. The van der Waals surface area contributed by atoms with Gasteiger partial charge < -0.3 is 5.32 Å². The van der Waals surface area contributed by atoms with E-state index in [1.54, 1.807) is 0 Å². The first-order valence-electron chi connectivity index (χ1n) is 5.59. The monoisotopic (exact) mass is 217 g/mol. The minimum atomic E-state index is 0.967. The first-order chi connectivity index (χ1) is 7.42. The summed E-state index contributed by atoms with van der Waals surface area (Å²) in [7, 11) is 0. The van der Waals surface area contributed by atoms with Crippen LogP contribution in [-0.2, 0) is 6.54 Å². The summed E-state index contributed by atoms with van der Waals surface area (Å²) in [5, 5.41) is 7.06. The molecule has 78 valence electrons. The van der Waals surface area contributed by atoms with Gasteiger partial charge in [0, 0.05) is 11.2 Å². The van der Waals surface area contributed by atoms with Crippen LogP contribution in [0.4, 0.5) is 0 Å². The summed E-state index contributed by atoms with van der Waals surface area (Å²) in [6.07, 6.45) is 2.85. The molecule has 1 aliphatic carbocycles. The SMILES string of the molecule is c1cc2cc(CNCC3CC3)ccc2s1. The first-order valence-corrected chi connectivity index (χ1v) is 6.46. The fraction of sp³-hybridized carbons (Fsp3) is 0.385. The normalized spacial score (nSPS) is 16.0. The maximum absolute atomic E-state index is 3.52. The van der Waals surface area contributed by atoms with E-state index < -0.39 is 0 Å². The molecule has 0 saturated heterocycles. The number of thiophene rings is 1. The molecule has 3 rings (SSSR count). The zero-order chi connectivity index (χ0) is 10.1. The van der Waals surface area contributed by atoms with Crippen molar-refractivity contribution in [3.63, 3.8) is 0 Å². The maximum atomic E-state index is 3.52. The molecule has 2 heteroatoms. The molecule has 0 spiro atoms. The Morgan fingerprint density at radius 1 is 1.27 bits per heavy atom. The van der Waals surface area contributed by atoms with Gasteiger partial charge in [-0.3, -0.25) is 0 Å². The van der Waals surface area contributed by atoms with E-state index in [4.69, 9.17) is 0 Å². The van der Waals surface area contributed by atoms with Crippen LogP contribution in [-0.4, -0.2) is 6.54 Å². The largest absolute Gasteiger partial charge is 0.312 e. The molecule has 0 amide bonds. The number of nitrogens with one attached hydrogen (secondary N) is 1. The molecule has 1 N–H and O–H groups in total. The van der Waals surface area contributed by atoms with Crippen molar-refractivity contribution in [3.05, 3.63) is 35.2 Å². The number of hydrogen-bond donors (Lipinski definition) is 1. The molecule has 1 saturated carbocycles. The summed E-state index contributed by atoms with van der Waals surface area (Å²) < 4.78 is 1.39. The Kier molecular flexibility index (Phi) is 2.47. The summed E-state index contributed by atoms with van der Waals surface area (Å²) in [6.45, 7) is 2.21. The van der Waals surface area contributed by atoms with Crippen LogP contribution >= 0.6 is 11.3 Å². The van der Waals surface area contributed by atoms with Crippen molar-refractivity contribution < 1.29 is 0 Å². The minimum absolute atomic E-state index is 0.967. The third-order valence-electron chi connectivity index (χ3n) is 2.98. The van der Waals surface area contributed by atoms with Gasteiger partial charge in [0.05, 0.1) is 0 Å². The number of rotatable bonds is 4. The predicted octanol–water partition coefficient (Wildman–Crippen LogP) is 3.40. The van der Waals surface area contributed by atoms with Crippen LogP contribution in [0.15, 0.2) is 29.6 Å². The van der Waals surface area contributed by atoms with Crippen LogP contribution in [0.3, 0.4) is 0 Å². The quantitative estimate of drug-likeness (QED) is 0.827. The van der Waals surface area contributed by atoms with E-state index in [0.29, 0.717) is 0 Å². The molecule has 1 aromatic heterocycles. The van der Waals surface area contributed by atoms with Crippen molar-refractivity contribution in [1.82, 2.24) is 5.32 Å². The molecule has 1 fully saturated rings. The Bertz CT molecular complexity index is 456. The second kappa shape index (κ2) is 3.95. The van der Waals surface area contributed by atoms with Gasteiger partial charge in [-0.1, -0.05) is 6.07 Å². The van der Waals surface area contributed by atoms with Gasteiger partial charge in [-0.25, -0.2) is 0 Å². The molecular weight excluding hydrogens is 202 g/mol. The Balaban J connectivity index is 1.67. The average molecular weight is 217 g/mol. The van der Waals surface area contributed by atoms with E-state index in [1.165, 1.54) is 35.0 Å². The lowest BCUT2D eigenvalue weighted by Gasteiger charge is -2.03. The average Bonchev–Trinajstić information content (AvgIpc) is 2.95. The van der Waals surface area contributed by atoms with Gasteiger partial charge in [-0.05, 0) is 59.8 Å². The standard InChI is InChI=1S/C13H15NS/c1-2-10(1)8-14-9-11-3-4-13-12(7-11)5-6-15-13/h3-7,10,14H,1-2,8-9H2. The Morgan fingerprint density at radius 3 is 3.07 bits per heavy atom. The summed E-state index contributed by atoms with van der Waals surface area (Å²) in [4.78, 5) is 0. The summed E-state index contributed by atoms with van der Waals surface area (Å²) in [5.41, 5.74) is 1.40. The van der Waals surface area contributed by atoms with Crippen molar-refractivity contribution in [2.75, 3.05) is 6.54 Å². The van der Waals surface area contributed by atoms with Crippen molar-refractivity contribution in [3.8, 4) is 0 Å². The van der Waals surface area contributed by atoms with Crippen molar-refractivity contribution in [2.24, 2.45) is 5.92 Å². The van der Waals surface area contributed by atoms with Crippen LogP contribution in [0.1, 0.15) is 18.4 Å². The van der Waals surface area contributed by atoms with Gasteiger partial charge in [0.1, 0.15) is 0 Å². The van der Waals surface area contributed by atoms with Gasteiger partial charge in [0.2, 0.25) is 0 Å². The van der Waals surface area contributed by atoms with Crippen molar-refractivity contribution >= 4 is 21.4 Å². The molecule has 0 radical (unpaired) electrons. The Morgan fingerprint density at radius 2 is 2.20 bits per heavy atom. The lowest BCUT2D eigenvalue weighted by molar-refractivity contribution is 0.639. The zero-order valence-electron chi connectivity index (χ0n) is 8.70. The third-order valence-corrected chi connectivity index (χ3v) is 3.87. The highest BCUT2D eigenvalue weighted by molar-refractivity contribution is 7.17. The van der Waals surface area contributed by atoms with E-state index in [-0.39, 0.29) is 0 Å². The molecule has 2 aromatic rings.